The van der Waals surface area contributed by atoms with E-state index in [1.54, 1.807) is 13.8 Å². The average Bonchev–Trinajstić information content (AvgIpc) is 2.75. The molecule has 0 saturated heterocycles. The van der Waals surface area contributed by atoms with Crippen LogP contribution < -0.4 is 4.74 Å². The minimum atomic E-state index is -0.722. The van der Waals surface area contributed by atoms with Crippen molar-refractivity contribution in [1.82, 2.24) is 5.16 Å². The predicted molar refractivity (Wildman–Crippen MR) is 68.0 cm³/mol. The zero-order chi connectivity index (χ0) is 14.7. The number of aromatic nitrogens is 1. The molecule has 6 heteroatoms. The van der Waals surface area contributed by atoms with Crippen molar-refractivity contribution in [1.29, 1.82) is 0 Å². The van der Waals surface area contributed by atoms with Crippen molar-refractivity contribution in [3.63, 3.8) is 0 Å². The molecule has 0 aliphatic carbocycles. The normalized spacial score (nSPS) is 10.4. The third kappa shape index (κ3) is 2.79. The summed E-state index contributed by atoms with van der Waals surface area (Å²) in [4.78, 5) is 11.3. The van der Waals surface area contributed by atoms with Gasteiger partial charge in [-0.3, -0.25) is 0 Å². The maximum Gasteiger partial charge on any atom is 0.340 e. The van der Waals surface area contributed by atoms with Gasteiger partial charge in [0.05, 0.1) is 23.9 Å². The summed E-state index contributed by atoms with van der Waals surface area (Å²) in [6.07, 6.45) is 0. The van der Waals surface area contributed by atoms with Crippen LogP contribution in [0.1, 0.15) is 27.4 Å². The summed E-state index contributed by atoms with van der Waals surface area (Å²) < 4.78 is 28.6. The van der Waals surface area contributed by atoms with Crippen LogP contribution in [0, 0.1) is 19.7 Å². The van der Waals surface area contributed by atoms with Crippen LogP contribution in [0.25, 0.3) is 0 Å². The number of ether oxygens (including phenoxy) is 2. The topological polar surface area (TPSA) is 61.6 Å². The summed E-state index contributed by atoms with van der Waals surface area (Å²) in [7, 11) is 1.20. The predicted octanol–water partition coefficient (Wildman–Crippen LogP) is 2.80. The van der Waals surface area contributed by atoms with E-state index in [9.17, 15) is 9.18 Å². The van der Waals surface area contributed by atoms with E-state index in [2.05, 4.69) is 9.89 Å². The molecule has 0 radical (unpaired) electrons. The molecule has 2 rings (SSSR count). The lowest BCUT2D eigenvalue weighted by molar-refractivity contribution is 0.0595. The van der Waals surface area contributed by atoms with Crippen LogP contribution in [0.3, 0.4) is 0 Å². The summed E-state index contributed by atoms with van der Waals surface area (Å²) >= 11 is 0. The summed E-state index contributed by atoms with van der Waals surface area (Å²) in [5.74, 6) is -0.433. The van der Waals surface area contributed by atoms with Crippen molar-refractivity contribution in [2.75, 3.05) is 7.11 Å². The maximum atomic E-state index is 13.7. The van der Waals surface area contributed by atoms with E-state index in [0.717, 1.165) is 17.3 Å². The number of rotatable bonds is 4. The third-order valence-corrected chi connectivity index (χ3v) is 2.91. The minimum absolute atomic E-state index is 0.128. The van der Waals surface area contributed by atoms with Crippen molar-refractivity contribution in [2.24, 2.45) is 0 Å². The Bertz CT molecular complexity index is 617. The number of carbonyl (C=O) groups excluding carboxylic acids is 1. The Balaban J connectivity index is 2.11. The molecule has 0 bridgehead atoms. The highest BCUT2D eigenvalue weighted by molar-refractivity contribution is 5.89. The fourth-order valence-corrected chi connectivity index (χ4v) is 1.72. The standard InChI is InChI=1S/C14H14FNO4/c1-8-12(9(2)20-16-8)7-19-10-4-5-11(13(15)6-10)14(17)18-3/h4-6H,7H2,1-3H3. The van der Waals surface area contributed by atoms with Gasteiger partial charge in [-0.05, 0) is 26.0 Å². The molecule has 106 valence electrons. The van der Waals surface area contributed by atoms with Crippen molar-refractivity contribution >= 4 is 5.97 Å². The molecule has 20 heavy (non-hydrogen) atoms. The van der Waals surface area contributed by atoms with E-state index in [1.165, 1.54) is 19.2 Å². The molecular formula is C14H14FNO4. The van der Waals surface area contributed by atoms with Crippen molar-refractivity contribution < 1.29 is 23.2 Å². The quantitative estimate of drug-likeness (QED) is 0.805. The molecule has 1 aromatic carbocycles. The molecule has 0 unspecified atom stereocenters. The number of nitrogens with zero attached hydrogens (tertiary/aromatic N) is 1. The largest absolute Gasteiger partial charge is 0.489 e. The van der Waals surface area contributed by atoms with Gasteiger partial charge in [-0.1, -0.05) is 5.16 Å². The first kappa shape index (κ1) is 14.0. The number of carbonyl (C=O) groups is 1. The Morgan fingerprint density at radius 2 is 2.15 bits per heavy atom. The van der Waals surface area contributed by atoms with Crippen LogP contribution in [0.5, 0.6) is 5.75 Å². The van der Waals surface area contributed by atoms with Gasteiger partial charge in [0.15, 0.2) is 0 Å². The molecular weight excluding hydrogens is 265 g/mol. The van der Waals surface area contributed by atoms with Crippen LogP contribution in [0.4, 0.5) is 4.39 Å². The van der Waals surface area contributed by atoms with Crippen molar-refractivity contribution in [3.05, 3.63) is 46.6 Å². The highest BCUT2D eigenvalue weighted by atomic mass is 19.1. The molecule has 0 fully saturated rings. The Hall–Kier alpha value is -2.37. The zero-order valence-corrected chi connectivity index (χ0v) is 11.4. The van der Waals surface area contributed by atoms with E-state index in [1.807, 2.05) is 0 Å². The van der Waals surface area contributed by atoms with Crippen molar-refractivity contribution in [3.8, 4) is 5.75 Å². The van der Waals surface area contributed by atoms with Crippen molar-refractivity contribution in [2.45, 2.75) is 20.5 Å². The Labute approximate surface area is 115 Å². The van der Waals surface area contributed by atoms with Crippen LogP contribution in [-0.4, -0.2) is 18.2 Å². The molecule has 1 aromatic heterocycles. The van der Waals surface area contributed by atoms with Gasteiger partial charge in [-0.2, -0.15) is 0 Å². The monoisotopic (exact) mass is 279 g/mol. The second-order valence-corrected chi connectivity index (χ2v) is 4.22. The SMILES string of the molecule is COC(=O)c1ccc(OCc2c(C)noc2C)cc1F. The molecule has 0 aliphatic rings. The van der Waals surface area contributed by atoms with Gasteiger partial charge in [0.25, 0.3) is 0 Å². The highest BCUT2D eigenvalue weighted by Crippen LogP contribution is 2.20. The summed E-state index contributed by atoms with van der Waals surface area (Å²) in [5.41, 5.74) is 1.42. The van der Waals surface area contributed by atoms with Gasteiger partial charge in [0, 0.05) is 6.07 Å². The van der Waals surface area contributed by atoms with Gasteiger partial charge in [-0.15, -0.1) is 0 Å². The number of methoxy groups -OCH3 is 1. The van der Waals surface area contributed by atoms with Gasteiger partial charge >= 0.3 is 5.97 Å². The van der Waals surface area contributed by atoms with Crippen LogP contribution in [0.2, 0.25) is 0 Å². The minimum Gasteiger partial charge on any atom is -0.489 e. The van der Waals surface area contributed by atoms with Gasteiger partial charge < -0.3 is 14.0 Å². The first-order valence-electron chi connectivity index (χ1n) is 5.95. The summed E-state index contributed by atoms with van der Waals surface area (Å²) in [5, 5.41) is 3.80. The Kier molecular flexibility index (Phi) is 4.02. The Morgan fingerprint density at radius 1 is 1.40 bits per heavy atom. The number of hydrogen-bond donors (Lipinski definition) is 0. The zero-order valence-electron chi connectivity index (χ0n) is 11.4. The second kappa shape index (κ2) is 5.73. The molecule has 5 nitrogen and oxygen atoms in total. The number of hydrogen-bond acceptors (Lipinski definition) is 5. The smallest absolute Gasteiger partial charge is 0.340 e. The van der Waals surface area contributed by atoms with E-state index in [-0.39, 0.29) is 12.2 Å². The first-order chi connectivity index (χ1) is 9.52. The van der Waals surface area contributed by atoms with E-state index in [0.29, 0.717) is 11.5 Å². The average molecular weight is 279 g/mol. The molecule has 0 spiro atoms. The fraction of sp³-hybridized carbons (Fsp3) is 0.286. The van der Waals surface area contributed by atoms with E-state index in [4.69, 9.17) is 9.26 Å². The third-order valence-electron chi connectivity index (χ3n) is 2.91. The van der Waals surface area contributed by atoms with E-state index < -0.39 is 11.8 Å². The number of halogens is 1. The number of aryl methyl sites for hydroxylation is 2. The summed E-state index contributed by atoms with van der Waals surface area (Å²) in [6.45, 7) is 3.80. The molecule has 0 aliphatic heterocycles. The van der Waals surface area contributed by atoms with Crippen LogP contribution in [0.15, 0.2) is 22.7 Å². The fourth-order valence-electron chi connectivity index (χ4n) is 1.72. The van der Waals surface area contributed by atoms with Gasteiger partial charge in [0.1, 0.15) is 23.9 Å². The Morgan fingerprint density at radius 3 is 2.70 bits per heavy atom. The second-order valence-electron chi connectivity index (χ2n) is 4.22. The lowest BCUT2D eigenvalue weighted by Gasteiger charge is -2.07. The number of benzene rings is 1. The van der Waals surface area contributed by atoms with Gasteiger partial charge in [0.2, 0.25) is 0 Å². The molecule has 0 atom stereocenters. The molecule has 2 aromatic rings. The van der Waals surface area contributed by atoms with Gasteiger partial charge in [-0.25, -0.2) is 9.18 Å². The van der Waals surface area contributed by atoms with E-state index >= 15 is 0 Å². The van der Waals surface area contributed by atoms with Crippen LogP contribution >= 0.6 is 0 Å². The molecule has 0 amide bonds. The maximum absolute atomic E-state index is 13.7. The van der Waals surface area contributed by atoms with Crippen LogP contribution in [-0.2, 0) is 11.3 Å². The first-order valence-corrected chi connectivity index (χ1v) is 5.95. The lowest BCUT2D eigenvalue weighted by Crippen LogP contribution is -2.05. The molecule has 0 N–H and O–H groups in total. The molecule has 1 heterocycles. The number of esters is 1. The molecule has 0 saturated carbocycles. The summed E-state index contributed by atoms with van der Waals surface area (Å²) in [6, 6.07) is 3.97. The highest BCUT2D eigenvalue weighted by Gasteiger charge is 2.14. The lowest BCUT2D eigenvalue weighted by atomic mass is 10.2.